The van der Waals surface area contributed by atoms with Gasteiger partial charge in [0.15, 0.2) is 11.5 Å². The first-order valence-electron chi connectivity index (χ1n) is 6.54. The Kier molecular flexibility index (Phi) is 6.80. The molecule has 7 heteroatoms. The van der Waals surface area contributed by atoms with Crippen molar-refractivity contribution >= 4 is 15.9 Å². The molecule has 0 bridgehead atoms. The molecule has 0 saturated carbocycles. The van der Waals surface area contributed by atoms with Crippen molar-refractivity contribution in [2.45, 2.75) is 32.0 Å². The van der Waals surface area contributed by atoms with Gasteiger partial charge in [-0.3, -0.25) is 0 Å². The minimum absolute atomic E-state index is 0.404. The molecule has 0 spiro atoms. The number of methoxy groups -OCH3 is 2. The molecule has 0 aliphatic heterocycles. The van der Waals surface area contributed by atoms with Gasteiger partial charge in [0.2, 0.25) is 0 Å². The summed E-state index contributed by atoms with van der Waals surface area (Å²) in [7, 11) is 2.93. The van der Waals surface area contributed by atoms with Gasteiger partial charge in [0, 0.05) is 10.5 Å². The summed E-state index contributed by atoms with van der Waals surface area (Å²) in [5, 5.41) is 2.93. The Hall–Kier alpha value is -0.950. The first-order valence-corrected chi connectivity index (χ1v) is 7.33. The molecule has 21 heavy (non-hydrogen) atoms. The van der Waals surface area contributed by atoms with Gasteiger partial charge in [-0.15, -0.1) is 0 Å². The van der Waals surface area contributed by atoms with Crippen LogP contribution in [-0.2, 0) is 0 Å². The predicted molar refractivity (Wildman–Crippen MR) is 79.0 cm³/mol. The lowest BCUT2D eigenvalue weighted by molar-refractivity contribution is -0.140. The maximum Gasteiger partial charge on any atom is 0.390 e. The second-order valence-corrected chi connectivity index (χ2v) is 5.41. The SMILES string of the molecule is CCCNC(CC(F)(F)F)c1cc(OC)c(OC)cc1Br. The van der Waals surface area contributed by atoms with E-state index in [0.29, 0.717) is 28.1 Å². The Morgan fingerprint density at radius 3 is 2.24 bits per heavy atom. The highest BCUT2D eigenvalue weighted by Crippen LogP contribution is 2.39. The van der Waals surface area contributed by atoms with Crippen LogP contribution in [0, 0.1) is 0 Å². The lowest BCUT2D eigenvalue weighted by atomic mass is 10.0. The predicted octanol–water partition coefficient (Wildman–Crippen LogP) is 4.46. The molecule has 1 N–H and O–H groups in total. The Bertz CT molecular complexity index is 466. The second-order valence-electron chi connectivity index (χ2n) is 4.55. The van der Waals surface area contributed by atoms with Crippen molar-refractivity contribution in [3.05, 3.63) is 22.2 Å². The third-order valence-corrected chi connectivity index (χ3v) is 3.64. The van der Waals surface area contributed by atoms with E-state index in [1.54, 1.807) is 12.1 Å². The molecule has 0 heterocycles. The molecule has 0 amide bonds. The lowest BCUT2D eigenvalue weighted by Gasteiger charge is -2.23. The largest absolute Gasteiger partial charge is 0.493 e. The van der Waals surface area contributed by atoms with Crippen LogP contribution in [0.25, 0.3) is 0 Å². The Morgan fingerprint density at radius 2 is 1.76 bits per heavy atom. The fourth-order valence-corrected chi connectivity index (χ4v) is 2.58. The minimum atomic E-state index is -4.25. The molecule has 0 aliphatic carbocycles. The van der Waals surface area contributed by atoms with Crippen LogP contribution in [0.2, 0.25) is 0 Å². The zero-order chi connectivity index (χ0) is 16.0. The molecular formula is C14H19BrF3NO2. The standard InChI is InChI=1S/C14H19BrF3NO2/c1-4-5-19-11(8-14(16,17)18)9-6-12(20-2)13(21-3)7-10(9)15/h6-7,11,19H,4-5,8H2,1-3H3. The van der Waals surface area contributed by atoms with E-state index in [2.05, 4.69) is 21.2 Å². The molecule has 0 fully saturated rings. The van der Waals surface area contributed by atoms with Crippen LogP contribution in [0.5, 0.6) is 11.5 Å². The number of halogens is 4. The topological polar surface area (TPSA) is 30.5 Å². The zero-order valence-electron chi connectivity index (χ0n) is 12.2. The van der Waals surface area contributed by atoms with Crippen molar-refractivity contribution in [2.75, 3.05) is 20.8 Å². The van der Waals surface area contributed by atoms with E-state index in [4.69, 9.17) is 9.47 Å². The van der Waals surface area contributed by atoms with Crippen LogP contribution in [0.1, 0.15) is 31.4 Å². The van der Waals surface area contributed by atoms with Gasteiger partial charge in [-0.2, -0.15) is 13.2 Å². The van der Waals surface area contributed by atoms with Gasteiger partial charge in [-0.05, 0) is 30.7 Å². The fraction of sp³-hybridized carbons (Fsp3) is 0.571. The maximum absolute atomic E-state index is 12.8. The van der Waals surface area contributed by atoms with Gasteiger partial charge in [0.25, 0.3) is 0 Å². The Labute approximate surface area is 130 Å². The molecular weight excluding hydrogens is 351 g/mol. The van der Waals surface area contributed by atoms with Crippen LogP contribution >= 0.6 is 15.9 Å². The summed E-state index contributed by atoms with van der Waals surface area (Å²) < 4.78 is 49.2. The third-order valence-electron chi connectivity index (χ3n) is 2.95. The summed E-state index contributed by atoms with van der Waals surface area (Å²) in [4.78, 5) is 0. The lowest BCUT2D eigenvalue weighted by Crippen LogP contribution is -2.27. The summed E-state index contributed by atoms with van der Waals surface area (Å²) in [6.45, 7) is 2.41. The Balaban J connectivity index is 3.16. The number of nitrogens with one attached hydrogen (secondary N) is 1. The van der Waals surface area contributed by atoms with Crippen molar-refractivity contribution in [3.63, 3.8) is 0 Å². The van der Waals surface area contributed by atoms with Crippen LogP contribution in [-0.4, -0.2) is 26.9 Å². The van der Waals surface area contributed by atoms with Crippen molar-refractivity contribution in [1.29, 1.82) is 0 Å². The van der Waals surface area contributed by atoms with Crippen LogP contribution in [0.15, 0.2) is 16.6 Å². The highest BCUT2D eigenvalue weighted by Gasteiger charge is 2.33. The van der Waals surface area contributed by atoms with Crippen molar-refractivity contribution in [3.8, 4) is 11.5 Å². The summed E-state index contributed by atoms with van der Waals surface area (Å²) in [6.07, 6.45) is -4.45. The highest BCUT2D eigenvalue weighted by molar-refractivity contribution is 9.10. The van der Waals surface area contributed by atoms with Gasteiger partial charge in [-0.25, -0.2) is 0 Å². The molecule has 120 valence electrons. The van der Waals surface area contributed by atoms with Crippen LogP contribution < -0.4 is 14.8 Å². The average Bonchev–Trinajstić information content (AvgIpc) is 2.42. The summed E-state index contributed by atoms with van der Waals surface area (Å²) in [6, 6.07) is 2.35. The van der Waals surface area contributed by atoms with Crippen molar-refractivity contribution in [2.24, 2.45) is 0 Å². The molecule has 1 rings (SSSR count). The molecule has 1 unspecified atom stereocenters. The number of hydrogen-bond acceptors (Lipinski definition) is 3. The molecule has 0 radical (unpaired) electrons. The van der Waals surface area contributed by atoms with E-state index >= 15 is 0 Å². The molecule has 1 atom stereocenters. The monoisotopic (exact) mass is 369 g/mol. The zero-order valence-corrected chi connectivity index (χ0v) is 13.8. The van der Waals surface area contributed by atoms with E-state index in [1.807, 2.05) is 6.92 Å². The molecule has 1 aromatic rings. The van der Waals surface area contributed by atoms with Crippen LogP contribution in [0.3, 0.4) is 0 Å². The minimum Gasteiger partial charge on any atom is -0.493 e. The molecule has 0 saturated heterocycles. The number of alkyl halides is 3. The molecule has 0 aromatic heterocycles. The second kappa shape index (κ2) is 7.89. The van der Waals surface area contributed by atoms with Gasteiger partial charge in [0.1, 0.15) is 0 Å². The summed E-state index contributed by atoms with van der Waals surface area (Å²) in [5.41, 5.74) is 0.499. The summed E-state index contributed by atoms with van der Waals surface area (Å²) in [5.74, 6) is 0.871. The first-order chi connectivity index (χ1) is 9.82. The number of ether oxygens (including phenoxy) is 2. The Morgan fingerprint density at radius 1 is 1.19 bits per heavy atom. The maximum atomic E-state index is 12.8. The van der Waals surface area contributed by atoms with E-state index in [0.717, 1.165) is 6.42 Å². The van der Waals surface area contributed by atoms with Gasteiger partial charge in [0.05, 0.1) is 20.6 Å². The molecule has 3 nitrogen and oxygen atoms in total. The van der Waals surface area contributed by atoms with Crippen LogP contribution in [0.4, 0.5) is 13.2 Å². The number of benzene rings is 1. The molecule has 1 aromatic carbocycles. The normalized spacial score (nSPS) is 13.1. The van der Waals surface area contributed by atoms with E-state index in [9.17, 15) is 13.2 Å². The van der Waals surface area contributed by atoms with Gasteiger partial charge in [-0.1, -0.05) is 22.9 Å². The summed E-state index contributed by atoms with van der Waals surface area (Å²) >= 11 is 3.31. The number of hydrogen-bond donors (Lipinski definition) is 1. The average molecular weight is 370 g/mol. The quantitative estimate of drug-likeness (QED) is 0.769. The van der Waals surface area contributed by atoms with E-state index in [1.165, 1.54) is 14.2 Å². The highest BCUT2D eigenvalue weighted by atomic mass is 79.9. The number of rotatable bonds is 7. The first kappa shape index (κ1) is 18.1. The van der Waals surface area contributed by atoms with Gasteiger partial charge >= 0.3 is 6.18 Å². The third kappa shape index (κ3) is 5.39. The fourth-order valence-electron chi connectivity index (χ4n) is 1.98. The van der Waals surface area contributed by atoms with E-state index < -0.39 is 18.6 Å². The van der Waals surface area contributed by atoms with Gasteiger partial charge < -0.3 is 14.8 Å². The molecule has 0 aliphatic rings. The van der Waals surface area contributed by atoms with Crippen molar-refractivity contribution < 1.29 is 22.6 Å². The smallest absolute Gasteiger partial charge is 0.390 e. The van der Waals surface area contributed by atoms with E-state index in [-0.39, 0.29) is 0 Å². The van der Waals surface area contributed by atoms with Crippen molar-refractivity contribution in [1.82, 2.24) is 5.32 Å².